The Labute approximate surface area is 124 Å². The fraction of sp³-hybridized carbons (Fsp3) is 0.143. The predicted octanol–water partition coefficient (Wildman–Crippen LogP) is 3.92. The van der Waals surface area contributed by atoms with E-state index in [4.69, 9.17) is 10.5 Å². The Morgan fingerprint density at radius 3 is 2.70 bits per heavy atom. The van der Waals surface area contributed by atoms with Gasteiger partial charge in [-0.15, -0.1) is 0 Å². The standard InChI is InChI=1S/C14H13BrN2O3/c1-9-7-11(6-5-10(9)8-16)20-14-12(15)3-2-4-13(14)17(18)19/h2-7H,8,16H2,1H3. The zero-order valence-corrected chi connectivity index (χ0v) is 12.4. The zero-order valence-electron chi connectivity index (χ0n) is 10.8. The van der Waals surface area contributed by atoms with Gasteiger partial charge in [-0.1, -0.05) is 12.1 Å². The summed E-state index contributed by atoms with van der Waals surface area (Å²) in [4.78, 5) is 10.5. The Balaban J connectivity index is 2.39. The lowest BCUT2D eigenvalue weighted by Gasteiger charge is -2.10. The Morgan fingerprint density at radius 2 is 2.10 bits per heavy atom. The van der Waals surface area contributed by atoms with Gasteiger partial charge in [0, 0.05) is 12.6 Å². The van der Waals surface area contributed by atoms with Crippen molar-refractivity contribution in [3.05, 3.63) is 62.1 Å². The van der Waals surface area contributed by atoms with E-state index < -0.39 is 4.92 Å². The van der Waals surface area contributed by atoms with E-state index in [1.54, 1.807) is 18.2 Å². The summed E-state index contributed by atoms with van der Waals surface area (Å²) in [6, 6.07) is 10.1. The Bertz CT molecular complexity index is 659. The zero-order chi connectivity index (χ0) is 14.7. The third-order valence-corrected chi connectivity index (χ3v) is 3.52. The fourth-order valence-corrected chi connectivity index (χ4v) is 2.26. The van der Waals surface area contributed by atoms with E-state index in [0.717, 1.165) is 11.1 Å². The molecule has 2 rings (SSSR count). The lowest BCUT2D eigenvalue weighted by atomic mass is 10.1. The van der Waals surface area contributed by atoms with Crippen molar-refractivity contribution in [2.24, 2.45) is 5.73 Å². The van der Waals surface area contributed by atoms with Crippen LogP contribution in [0.5, 0.6) is 11.5 Å². The highest BCUT2D eigenvalue weighted by Crippen LogP contribution is 2.38. The van der Waals surface area contributed by atoms with E-state index in [1.807, 2.05) is 19.1 Å². The van der Waals surface area contributed by atoms with Gasteiger partial charge in [-0.3, -0.25) is 10.1 Å². The summed E-state index contributed by atoms with van der Waals surface area (Å²) in [5, 5.41) is 11.0. The molecule has 0 spiro atoms. The highest BCUT2D eigenvalue weighted by atomic mass is 79.9. The molecule has 0 atom stereocenters. The fourth-order valence-electron chi connectivity index (χ4n) is 1.82. The summed E-state index contributed by atoms with van der Waals surface area (Å²) >= 11 is 3.27. The van der Waals surface area contributed by atoms with Crippen molar-refractivity contribution in [2.75, 3.05) is 0 Å². The summed E-state index contributed by atoms with van der Waals surface area (Å²) in [7, 11) is 0. The number of nitrogens with two attached hydrogens (primary N) is 1. The molecule has 6 heteroatoms. The molecule has 20 heavy (non-hydrogen) atoms. The molecule has 0 heterocycles. The number of nitro groups is 1. The van der Waals surface area contributed by atoms with Crippen LogP contribution in [0.3, 0.4) is 0 Å². The van der Waals surface area contributed by atoms with Crippen molar-refractivity contribution in [1.29, 1.82) is 0 Å². The molecule has 0 unspecified atom stereocenters. The Kier molecular flexibility index (Phi) is 4.36. The predicted molar refractivity (Wildman–Crippen MR) is 79.9 cm³/mol. The van der Waals surface area contributed by atoms with Gasteiger partial charge in [-0.2, -0.15) is 0 Å². The maximum absolute atomic E-state index is 11.0. The number of nitro benzene ring substituents is 1. The molecule has 104 valence electrons. The van der Waals surface area contributed by atoms with Crippen LogP contribution in [0.15, 0.2) is 40.9 Å². The van der Waals surface area contributed by atoms with E-state index in [2.05, 4.69) is 15.9 Å². The van der Waals surface area contributed by atoms with Gasteiger partial charge in [0.05, 0.1) is 9.40 Å². The van der Waals surface area contributed by atoms with Crippen molar-refractivity contribution < 1.29 is 9.66 Å². The van der Waals surface area contributed by atoms with Gasteiger partial charge >= 0.3 is 5.69 Å². The van der Waals surface area contributed by atoms with Gasteiger partial charge in [0.2, 0.25) is 5.75 Å². The number of benzene rings is 2. The number of para-hydroxylation sites is 1. The molecule has 0 saturated heterocycles. The molecule has 5 nitrogen and oxygen atoms in total. The highest BCUT2D eigenvalue weighted by molar-refractivity contribution is 9.10. The molecule has 0 aliphatic carbocycles. The molecule has 0 aliphatic heterocycles. The molecule has 0 aromatic heterocycles. The molecule has 0 saturated carbocycles. The molecule has 0 fully saturated rings. The first kappa shape index (κ1) is 14.5. The summed E-state index contributed by atoms with van der Waals surface area (Å²) < 4.78 is 6.19. The van der Waals surface area contributed by atoms with Crippen molar-refractivity contribution in [3.8, 4) is 11.5 Å². The van der Waals surface area contributed by atoms with E-state index >= 15 is 0 Å². The molecular weight excluding hydrogens is 324 g/mol. The highest BCUT2D eigenvalue weighted by Gasteiger charge is 2.18. The van der Waals surface area contributed by atoms with Crippen LogP contribution in [0.25, 0.3) is 0 Å². The van der Waals surface area contributed by atoms with Crippen LogP contribution in [-0.2, 0) is 6.54 Å². The Morgan fingerprint density at radius 1 is 1.35 bits per heavy atom. The molecule has 0 amide bonds. The molecular formula is C14H13BrN2O3. The van der Waals surface area contributed by atoms with Crippen molar-refractivity contribution in [1.82, 2.24) is 0 Å². The van der Waals surface area contributed by atoms with Crippen molar-refractivity contribution in [3.63, 3.8) is 0 Å². The van der Waals surface area contributed by atoms with Crippen LogP contribution in [0, 0.1) is 17.0 Å². The van der Waals surface area contributed by atoms with Gasteiger partial charge in [0.25, 0.3) is 0 Å². The first-order valence-electron chi connectivity index (χ1n) is 5.93. The average Bonchev–Trinajstić information content (AvgIpc) is 2.41. The minimum Gasteiger partial charge on any atom is -0.449 e. The third kappa shape index (κ3) is 2.97. The second kappa shape index (κ2) is 6.02. The molecule has 0 aliphatic rings. The Hall–Kier alpha value is -1.92. The normalized spacial score (nSPS) is 10.3. The number of halogens is 1. The molecule has 2 N–H and O–H groups in total. The molecule has 0 radical (unpaired) electrons. The second-order valence-corrected chi connectivity index (χ2v) is 5.09. The maximum Gasteiger partial charge on any atom is 0.312 e. The largest absolute Gasteiger partial charge is 0.449 e. The summed E-state index contributed by atoms with van der Waals surface area (Å²) in [6.07, 6.45) is 0. The molecule has 0 bridgehead atoms. The van der Waals surface area contributed by atoms with Crippen molar-refractivity contribution in [2.45, 2.75) is 13.5 Å². The first-order valence-corrected chi connectivity index (χ1v) is 6.72. The minimum atomic E-state index is -0.471. The second-order valence-electron chi connectivity index (χ2n) is 4.24. The minimum absolute atomic E-state index is 0.0834. The summed E-state index contributed by atoms with van der Waals surface area (Å²) in [5.74, 6) is 0.729. The first-order chi connectivity index (χ1) is 9.52. The number of hydrogen-bond donors (Lipinski definition) is 1. The lowest BCUT2D eigenvalue weighted by Crippen LogP contribution is -1.99. The van der Waals surface area contributed by atoms with Gasteiger partial charge < -0.3 is 10.5 Å². The van der Waals surface area contributed by atoms with E-state index in [-0.39, 0.29) is 11.4 Å². The average molecular weight is 337 g/mol. The quantitative estimate of drug-likeness (QED) is 0.677. The van der Waals surface area contributed by atoms with E-state index in [0.29, 0.717) is 16.8 Å². The number of hydrogen-bond acceptors (Lipinski definition) is 4. The van der Waals surface area contributed by atoms with Crippen LogP contribution in [-0.4, -0.2) is 4.92 Å². The summed E-state index contributed by atoms with van der Waals surface area (Å²) in [6.45, 7) is 2.37. The van der Waals surface area contributed by atoms with Crippen LogP contribution in [0.1, 0.15) is 11.1 Å². The van der Waals surface area contributed by atoms with Gasteiger partial charge in [-0.05, 0) is 52.2 Å². The van der Waals surface area contributed by atoms with Crippen LogP contribution in [0.2, 0.25) is 0 Å². The summed E-state index contributed by atoms with van der Waals surface area (Å²) in [5.41, 5.74) is 7.52. The van der Waals surface area contributed by atoms with Gasteiger partial charge in [-0.25, -0.2) is 0 Å². The van der Waals surface area contributed by atoms with E-state index in [9.17, 15) is 10.1 Å². The van der Waals surface area contributed by atoms with Crippen LogP contribution >= 0.6 is 15.9 Å². The smallest absolute Gasteiger partial charge is 0.312 e. The number of nitrogens with zero attached hydrogens (tertiary/aromatic N) is 1. The van der Waals surface area contributed by atoms with Crippen LogP contribution < -0.4 is 10.5 Å². The SMILES string of the molecule is Cc1cc(Oc2c(Br)cccc2[N+](=O)[O-])ccc1CN. The number of ether oxygens (including phenoxy) is 1. The van der Waals surface area contributed by atoms with Gasteiger partial charge in [0.1, 0.15) is 5.75 Å². The topological polar surface area (TPSA) is 78.4 Å². The third-order valence-electron chi connectivity index (χ3n) is 2.90. The monoisotopic (exact) mass is 336 g/mol. The van der Waals surface area contributed by atoms with E-state index in [1.165, 1.54) is 6.07 Å². The maximum atomic E-state index is 11.0. The molecule has 2 aromatic carbocycles. The van der Waals surface area contributed by atoms with Crippen molar-refractivity contribution >= 4 is 21.6 Å². The van der Waals surface area contributed by atoms with Crippen LogP contribution in [0.4, 0.5) is 5.69 Å². The lowest BCUT2D eigenvalue weighted by molar-refractivity contribution is -0.385. The number of rotatable bonds is 4. The van der Waals surface area contributed by atoms with Gasteiger partial charge in [0.15, 0.2) is 0 Å². The number of aryl methyl sites for hydroxylation is 1. The molecule has 2 aromatic rings.